The molecule has 0 amide bonds. The van der Waals surface area contributed by atoms with Crippen LogP contribution >= 0.6 is 28.3 Å². The van der Waals surface area contributed by atoms with Crippen molar-refractivity contribution in [3.05, 3.63) is 16.4 Å². The number of halogens is 2. The standard InChI is InChI=1S/C12H21BrN4.ClH/c1-16-12(11(13)7-15-16)9-17-6-2-3-10(8-17)4-5-14;/h7,10H,2-6,8-9,14H2,1H3;1H. The maximum atomic E-state index is 5.65. The van der Waals surface area contributed by atoms with Crippen molar-refractivity contribution < 1.29 is 0 Å². The second-order valence-electron chi connectivity index (χ2n) is 4.88. The molecule has 1 fully saturated rings. The van der Waals surface area contributed by atoms with Crippen molar-refractivity contribution in [3.63, 3.8) is 0 Å². The van der Waals surface area contributed by atoms with Crippen molar-refractivity contribution >= 4 is 28.3 Å². The van der Waals surface area contributed by atoms with Crippen molar-refractivity contribution in [2.45, 2.75) is 25.8 Å². The molecule has 1 aromatic rings. The molecule has 104 valence electrons. The molecular weight excluding hydrogens is 316 g/mol. The number of aromatic nitrogens is 2. The van der Waals surface area contributed by atoms with E-state index in [9.17, 15) is 0 Å². The Morgan fingerprint density at radius 2 is 2.33 bits per heavy atom. The van der Waals surface area contributed by atoms with E-state index in [0.29, 0.717) is 0 Å². The Labute approximate surface area is 123 Å². The van der Waals surface area contributed by atoms with Crippen molar-refractivity contribution in [3.8, 4) is 0 Å². The van der Waals surface area contributed by atoms with Crippen LogP contribution in [-0.4, -0.2) is 34.3 Å². The van der Waals surface area contributed by atoms with Gasteiger partial charge in [-0.3, -0.25) is 9.58 Å². The Morgan fingerprint density at radius 1 is 1.56 bits per heavy atom. The van der Waals surface area contributed by atoms with E-state index in [4.69, 9.17) is 5.73 Å². The summed E-state index contributed by atoms with van der Waals surface area (Å²) in [6.07, 6.45) is 5.65. The zero-order valence-corrected chi connectivity index (χ0v) is 13.2. The summed E-state index contributed by atoms with van der Waals surface area (Å²) in [6.45, 7) is 4.17. The van der Waals surface area contributed by atoms with Gasteiger partial charge in [0.15, 0.2) is 0 Å². The summed E-state index contributed by atoms with van der Waals surface area (Å²) in [5, 5.41) is 4.26. The molecule has 0 radical (unpaired) electrons. The highest BCUT2D eigenvalue weighted by atomic mass is 79.9. The third kappa shape index (κ3) is 3.95. The first-order valence-electron chi connectivity index (χ1n) is 6.29. The largest absolute Gasteiger partial charge is 0.330 e. The van der Waals surface area contributed by atoms with E-state index in [-0.39, 0.29) is 12.4 Å². The van der Waals surface area contributed by atoms with Gasteiger partial charge in [-0.15, -0.1) is 12.4 Å². The van der Waals surface area contributed by atoms with Crippen molar-refractivity contribution in [2.24, 2.45) is 18.7 Å². The van der Waals surface area contributed by atoms with Crippen LogP contribution in [0.15, 0.2) is 10.7 Å². The number of hydrogen-bond donors (Lipinski definition) is 1. The molecule has 1 aromatic heterocycles. The molecule has 1 atom stereocenters. The van der Waals surface area contributed by atoms with Gasteiger partial charge in [0.25, 0.3) is 0 Å². The molecule has 1 aliphatic heterocycles. The Bertz CT molecular complexity index is 347. The lowest BCUT2D eigenvalue weighted by Gasteiger charge is -2.32. The normalized spacial score (nSPS) is 20.7. The van der Waals surface area contributed by atoms with Crippen LogP contribution in [0.3, 0.4) is 0 Å². The maximum absolute atomic E-state index is 5.65. The monoisotopic (exact) mass is 336 g/mol. The molecule has 0 spiro atoms. The summed E-state index contributed by atoms with van der Waals surface area (Å²) in [5.74, 6) is 0.778. The second-order valence-corrected chi connectivity index (χ2v) is 5.74. The van der Waals surface area contributed by atoms with E-state index in [2.05, 4.69) is 25.9 Å². The van der Waals surface area contributed by atoms with Crippen LogP contribution in [0.4, 0.5) is 0 Å². The van der Waals surface area contributed by atoms with Crippen molar-refractivity contribution in [2.75, 3.05) is 19.6 Å². The minimum absolute atomic E-state index is 0. The topological polar surface area (TPSA) is 47.1 Å². The number of likely N-dealkylation sites (tertiary alicyclic amines) is 1. The van der Waals surface area contributed by atoms with Gasteiger partial charge in [0.1, 0.15) is 0 Å². The van der Waals surface area contributed by atoms with E-state index in [0.717, 1.165) is 29.9 Å². The molecule has 1 saturated heterocycles. The second kappa shape index (κ2) is 7.48. The molecule has 2 heterocycles. The summed E-state index contributed by atoms with van der Waals surface area (Å²) in [6, 6.07) is 0. The zero-order chi connectivity index (χ0) is 12.3. The van der Waals surface area contributed by atoms with Crippen LogP contribution in [0.1, 0.15) is 25.0 Å². The molecule has 0 bridgehead atoms. The van der Waals surface area contributed by atoms with E-state index in [1.54, 1.807) is 0 Å². The summed E-state index contributed by atoms with van der Waals surface area (Å²) in [7, 11) is 2.00. The van der Waals surface area contributed by atoms with Crippen LogP contribution in [0.25, 0.3) is 0 Å². The fraction of sp³-hybridized carbons (Fsp3) is 0.750. The van der Waals surface area contributed by atoms with Gasteiger partial charge in [0, 0.05) is 20.1 Å². The highest BCUT2D eigenvalue weighted by Crippen LogP contribution is 2.23. The Morgan fingerprint density at radius 3 is 2.94 bits per heavy atom. The molecular formula is C12H22BrClN4. The molecule has 18 heavy (non-hydrogen) atoms. The van der Waals surface area contributed by atoms with Gasteiger partial charge in [0.2, 0.25) is 0 Å². The number of piperidine rings is 1. The Balaban J connectivity index is 0.00000162. The quantitative estimate of drug-likeness (QED) is 0.916. The zero-order valence-electron chi connectivity index (χ0n) is 10.8. The molecule has 0 aromatic carbocycles. The lowest BCUT2D eigenvalue weighted by molar-refractivity contribution is 0.159. The lowest BCUT2D eigenvalue weighted by Crippen LogP contribution is -2.36. The third-order valence-electron chi connectivity index (χ3n) is 3.56. The van der Waals surface area contributed by atoms with E-state index < -0.39 is 0 Å². The molecule has 0 aliphatic carbocycles. The minimum Gasteiger partial charge on any atom is -0.330 e. The first-order chi connectivity index (χ1) is 8.20. The van der Waals surface area contributed by atoms with Crippen LogP contribution < -0.4 is 5.73 Å². The summed E-state index contributed by atoms with van der Waals surface area (Å²) >= 11 is 3.56. The Hall–Kier alpha value is -0.100. The summed E-state index contributed by atoms with van der Waals surface area (Å²) in [4.78, 5) is 2.52. The number of nitrogens with two attached hydrogens (primary N) is 1. The number of rotatable bonds is 4. The van der Waals surface area contributed by atoms with Crippen LogP contribution in [0.2, 0.25) is 0 Å². The fourth-order valence-corrected chi connectivity index (χ4v) is 3.07. The van der Waals surface area contributed by atoms with Gasteiger partial charge in [-0.2, -0.15) is 5.10 Å². The first kappa shape index (κ1) is 16.0. The van der Waals surface area contributed by atoms with E-state index in [1.807, 2.05) is 17.9 Å². The van der Waals surface area contributed by atoms with Gasteiger partial charge in [-0.05, 0) is 54.2 Å². The minimum atomic E-state index is 0. The van der Waals surface area contributed by atoms with Gasteiger partial charge < -0.3 is 5.73 Å². The molecule has 2 rings (SSSR count). The van der Waals surface area contributed by atoms with E-state index >= 15 is 0 Å². The van der Waals surface area contributed by atoms with Crippen molar-refractivity contribution in [1.29, 1.82) is 0 Å². The predicted molar refractivity (Wildman–Crippen MR) is 79.8 cm³/mol. The summed E-state index contributed by atoms with van der Waals surface area (Å²) < 4.78 is 3.07. The smallest absolute Gasteiger partial charge is 0.0663 e. The van der Waals surface area contributed by atoms with Gasteiger partial charge in [-0.1, -0.05) is 0 Å². The highest BCUT2D eigenvalue weighted by Gasteiger charge is 2.20. The van der Waals surface area contributed by atoms with Gasteiger partial charge in [0.05, 0.1) is 16.4 Å². The number of nitrogens with zero attached hydrogens (tertiary/aromatic N) is 3. The predicted octanol–water partition coefficient (Wildman–Crippen LogP) is 2.17. The average Bonchev–Trinajstić information content (AvgIpc) is 2.62. The molecule has 1 unspecified atom stereocenters. The van der Waals surface area contributed by atoms with Crippen LogP contribution in [0, 0.1) is 5.92 Å². The fourth-order valence-electron chi connectivity index (χ4n) is 2.59. The lowest BCUT2D eigenvalue weighted by atomic mass is 9.95. The maximum Gasteiger partial charge on any atom is 0.0663 e. The molecule has 1 aliphatic rings. The average molecular weight is 338 g/mol. The van der Waals surface area contributed by atoms with Crippen LogP contribution in [-0.2, 0) is 13.6 Å². The Kier molecular flexibility index (Phi) is 6.63. The van der Waals surface area contributed by atoms with Gasteiger partial charge in [-0.25, -0.2) is 0 Å². The van der Waals surface area contributed by atoms with E-state index in [1.165, 1.54) is 31.6 Å². The molecule has 6 heteroatoms. The molecule has 2 N–H and O–H groups in total. The molecule has 0 saturated carbocycles. The molecule has 4 nitrogen and oxygen atoms in total. The number of aryl methyl sites for hydroxylation is 1. The van der Waals surface area contributed by atoms with Crippen molar-refractivity contribution in [1.82, 2.24) is 14.7 Å². The number of hydrogen-bond acceptors (Lipinski definition) is 3. The SMILES string of the molecule is Cl.Cn1ncc(Br)c1CN1CCCC(CCN)C1. The summed E-state index contributed by atoms with van der Waals surface area (Å²) in [5.41, 5.74) is 6.91. The first-order valence-corrected chi connectivity index (χ1v) is 7.08. The highest BCUT2D eigenvalue weighted by molar-refractivity contribution is 9.10. The van der Waals surface area contributed by atoms with Crippen LogP contribution in [0.5, 0.6) is 0 Å². The van der Waals surface area contributed by atoms with Gasteiger partial charge >= 0.3 is 0 Å². The third-order valence-corrected chi connectivity index (χ3v) is 4.22.